The van der Waals surface area contributed by atoms with Crippen LogP contribution in [-0.4, -0.2) is 12.6 Å². The van der Waals surface area contributed by atoms with Crippen LogP contribution < -0.4 is 0 Å². The second kappa shape index (κ2) is 11.9. The minimum absolute atomic E-state index is 0.176. The summed E-state index contributed by atoms with van der Waals surface area (Å²) in [4.78, 5) is 13.7. The fourth-order valence-corrected chi connectivity index (χ4v) is 7.51. The predicted molar refractivity (Wildman–Crippen MR) is 126 cm³/mol. The summed E-state index contributed by atoms with van der Waals surface area (Å²) in [5.74, 6) is 2.11. The largest absolute Gasteiger partial charge is 0.465 e. The molecule has 0 bridgehead atoms. The van der Waals surface area contributed by atoms with Crippen LogP contribution in [-0.2, 0) is 9.53 Å². The van der Waals surface area contributed by atoms with Crippen LogP contribution in [0.1, 0.15) is 142 Å². The molecule has 0 atom stereocenters. The Kier molecular flexibility index (Phi) is 9.58. The van der Waals surface area contributed by atoms with Crippen molar-refractivity contribution in [2.75, 3.05) is 6.61 Å². The minimum atomic E-state index is -0.176. The van der Waals surface area contributed by atoms with Crippen molar-refractivity contribution in [3.63, 3.8) is 0 Å². The van der Waals surface area contributed by atoms with Gasteiger partial charge in [0.25, 0.3) is 0 Å². The maximum absolute atomic E-state index is 13.7. The summed E-state index contributed by atoms with van der Waals surface area (Å²) in [6.07, 6.45) is 25.7. The third-order valence-electron chi connectivity index (χ3n) is 9.41. The lowest BCUT2D eigenvalue weighted by atomic mass is 9.49. The van der Waals surface area contributed by atoms with Gasteiger partial charge in [0.05, 0.1) is 12.0 Å². The van der Waals surface area contributed by atoms with Crippen molar-refractivity contribution in [3.8, 4) is 0 Å². The lowest BCUT2D eigenvalue weighted by Gasteiger charge is -2.55. The molecule has 0 N–H and O–H groups in total. The van der Waals surface area contributed by atoms with Gasteiger partial charge in [0, 0.05) is 0 Å². The Labute approximate surface area is 187 Å². The van der Waals surface area contributed by atoms with Gasteiger partial charge in [0.2, 0.25) is 0 Å². The second-order valence-electron chi connectivity index (χ2n) is 11.1. The number of carbonyl (C=O) groups excluding carboxylic acids is 1. The maximum Gasteiger partial charge on any atom is 0.312 e. The quantitative estimate of drug-likeness (QED) is 0.262. The molecular formula is C28H50O2. The summed E-state index contributed by atoms with van der Waals surface area (Å²) in [5, 5.41) is 0. The molecule has 0 saturated heterocycles. The Morgan fingerprint density at radius 2 is 1.33 bits per heavy atom. The van der Waals surface area contributed by atoms with Crippen molar-refractivity contribution in [1.82, 2.24) is 0 Å². The van der Waals surface area contributed by atoms with Crippen LogP contribution in [0.4, 0.5) is 0 Å². The van der Waals surface area contributed by atoms with Crippen molar-refractivity contribution in [2.24, 2.45) is 22.7 Å². The molecule has 30 heavy (non-hydrogen) atoms. The van der Waals surface area contributed by atoms with Gasteiger partial charge in [-0.25, -0.2) is 0 Å². The van der Waals surface area contributed by atoms with Crippen LogP contribution in [0, 0.1) is 22.7 Å². The highest BCUT2D eigenvalue weighted by molar-refractivity contribution is 5.78. The summed E-state index contributed by atoms with van der Waals surface area (Å²) in [6.45, 7) is 5.18. The zero-order valence-electron chi connectivity index (χ0n) is 20.3. The van der Waals surface area contributed by atoms with Crippen LogP contribution in [0.15, 0.2) is 0 Å². The Morgan fingerprint density at radius 1 is 0.733 bits per heavy atom. The Bertz CT molecular complexity index is 491. The van der Waals surface area contributed by atoms with Crippen LogP contribution in [0.2, 0.25) is 0 Å². The summed E-state index contributed by atoms with van der Waals surface area (Å²) in [6, 6.07) is 0. The van der Waals surface area contributed by atoms with E-state index in [4.69, 9.17) is 4.74 Å². The molecule has 3 saturated carbocycles. The topological polar surface area (TPSA) is 26.3 Å². The molecule has 0 amide bonds. The molecule has 2 nitrogen and oxygen atoms in total. The van der Waals surface area contributed by atoms with Gasteiger partial charge in [-0.15, -0.1) is 0 Å². The molecule has 3 aliphatic rings. The number of unbranched alkanes of at least 4 members (excludes halogenated alkanes) is 3. The van der Waals surface area contributed by atoms with Crippen molar-refractivity contribution >= 4 is 5.97 Å². The van der Waals surface area contributed by atoms with Gasteiger partial charge in [0.15, 0.2) is 0 Å². The molecule has 0 unspecified atom stereocenters. The number of esters is 1. The van der Waals surface area contributed by atoms with E-state index in [9.17, 15) is 4.79 Å². The van der Waals surface area contributed by atoms with E-state index < -0.39 is 0 Å². The summed E-state index contributed by atoms with van der Waals surface area (Å²) in [5.41, 5.74) is 0.0423. The van der Waals surface area contributed by atoms with Crippen LogP contribution in [0.3, 0.4) is 0 Å². The normalized spacial score (nSPS) is 30.1. The molecule has 2 heteroatoms. The van der Waals surface area contributed by atoms with E-state index in [0.717, 1.165) is 31.1 Å². The number of hydrogen-bond acceptors (Lipinski definition) is 2. The number of rotatable bonds is 10. The van der Waals surface area contributed by atoms with Crippen molar-refractivity contribution in [1.29, 1.82) is 0 Å². The third kappa shape index (κ3) is 5.44. The zero-order valence-corrected chi connectivity index (χ0v) is 20.3. The highest BCUT2D eigenvalue weighted by Crippen LogP contribution is 2.61. The molecule has 0 aromatic rings. The van der Waals surface area contributed by atoms with Crippen molar-refractivity contribution in [2.45, 2.75) is 142 Å². The molecular weight excluding hydrogens is 368 g/mol. The van der Waals surface area contributed by atoms with Gasteiger partial charge in [0.1, 0.15) is 0 Å². The van der Waals surface area contributed by atoms with E-state index in [-0.39, 0.29) is 16.8 Å². The molecule has 3 rings (SSSR count). The predicted octanol–water partition coefficient (Wildman–Crippen LogP) is 8.62. The average Bonchev–Trinajstić information content (AvgIpc) is 2.81. The highest BCUT2D eigenvalue weighted by atomic mass is 16.5. The van der Waals surface area contributed by atoms with Gasteiger partial charge >= 0.3 is 5.97 Å². The highest BCUT2D eigenvalue weighted by Gasteiger charge is 2.57. The van der Waals surface area contributed by atoms with E-state index in [2.05, 4.69) is 13.8 Å². The summed E-state index contributed by atoms with van der Waals surface area (Å²) >= 11 is 0. The SMILES string of the molecule is CCCCCOC(=O)C1(C2(CCCC)CCC(C3CCCCC3)CC2)CCCCC1. The summed E-state index contributed by atoms with van der Waals surface area (Å²) < 4.78 is 6.05. The van der Waals surface area contributed by atoms with E-state index in [0.29, 0.717) is 6.61 Å². The number of ether oxygens (including phenoxy) is 1. The molecule has 0 aromatic carbocycles. The number of hydrogen-bond donors (Lipinski definition) is 0. The van der Waals surface area contributed by atoms with E-state index in [1.165, 1.54) is 109 Å². The average molecular weight is 419 g/mol. The van der Waals surface area contributed by atoms with Gasteiger partial charge in [-0.3, -0.25) is 4.79 Å². The first kappa shape index (κ1) is 24.1. The standard InChI is InChI=1S/C28H50O2/c1-3-5-13-23-30-26(29)28(19-11-8-12-20-28)27(18-6-4-2)21-16-25(17-22-27)24-14-9-7-10-15-24/h24-25H,3-23H2,1-2H3. The fraction of sp³-hybridized carbons (Fsp3) is 0.964. The molecule has 3 aliphatic carbocycles. The molecule has 0 radical (unpaired) electrons. The molecule has 3 fully saturated rings. The van der Waals surface area contributed by atoms with E-state index in [1.807, 2.05) is 0 Å². The summed E-state index contributed by atoms with van der Waals surface area (Å²) in [7, 11) is 0. The Hall–Kier alpha value is -0.530. The van der Waals surface area contributed by atoms with Gasteiger partial charge in [-0.2, -0.15) is 0 Å². The third-order valence-corrected chi connectivity index (χ3v) is 9.41. The molecule has 0 heterocycles. The molecule has 0 aliphatic heterocycles. The molecule has 0 spiro atoms. The first-order valence-electron chi connectivity index (χ1n) is 13.8. The lowest BCUT2D eigenvalue weighted by molar-refractivity contribution is -0.175. The zero-order chi connectivity index (χ0) is 21.3. The fourth-order valence-electron chi connectivity index (χ4n) is 7.51. The monoisotopic (exact) mass is 418 g/mol. The first-order chi connectivity index (χ1) is 14.7. The Balaban J connectivity index is 1.75. The van der Waals surface area contributed by atoms with Crippen molar-refractivity contribution in [3.05, 3.63) is 0 Å². The van der Waals surface area contributed by atoms with Crippen molar-refractivity contribution < 1.29 is 9.53 Å². The maximum atomic E-state index is 13.7. The first-order valence-corrected chi connectivity index (χ1v) is 13.8. The van der Waals surface area contributed by atoms with E-state index in [1.54, 1.807) is 0 Å². The van der Waals surface area contributed by atoms with Gasteiger partial charge < -0.3 is 4.74 Å². The molecule has 0 aromatic heterocycles. The lowest BCUT2D eigenvalue weighted by Crippen LogP contribution is -2.52. The Morgan fingerprint density at radius 3 is 1.97 bits per heavy atom. The second-order valence-corrected chi connectivity index (χ2v) is 11.1. The van der Waals surface area contributed by atoms with Gasteiger partial charge in [-0.05, 0) is 68.6 Å². The van der Waals surface area contributed by atoms with Gasteiger partial charge in [-0.1, -0.05) is 90.9 Å². The van der Waals surface area contributed by atoms with Crippen LogP contribution >= 0.6 is 0 Å². The number of carbonyl (C=O) groups is 1. The molecule has 174 valence electrons. The van der Waals surface area contributed by atoms with Crippen LogP contribution in [0.5, 0.6) is 0 Å². The minimum Gasteiger partial charge on any atom is -0.465 e. The van der Waals surface area contributed by atoms with Crippen LogP contribution in [0.25, 0.3) is 0 Å². The van der Waals surface area contributed by atoms with E-state index >= 15 is 0 Å². The smallest absolute Gasteiger partial charge is 0.312 e.